The number of carbonyl (C=O) groups is 1. The van der Waals surface area contributed by atoms with Crippen molar-refractivity contribution in [1.29, 1.82) is 0 Å². The van der Waals surface area contributed by atoms with Crippen molar-refractivity contribution in [2.45, 2.75) is 0 Å². The van der Waals surface area contributed by atoms with E-state index < -0.39 is 0 Å². The molecule has 1 aliphatic heterocycles. The van der Waals surface area contributed by atoms with E-state index in [4.69, 9.17) is 9.47 Å². The zero-order valence-corrected chi connectivity index (χ0v) is 12.7. The Bertz CT molecular complexity index is 609. The molecule has 0 saturated carbocycles. The number of nitrogens with one attached hydrogen (secondary N) is 1. The van der Waals surface area contributed by atoms with E-state index in [2.05, 4.69) is 15.6 Å². The Morgan fingerprint density at radius 1 is 1.17 bits per heavy atom. The lowest BCUT2D eigenvalue weighted by Gasteiger charge is -2.26. The third-order valence-electron chi connectivity index (χ3n) is 3.48. The highest BCUT2D eigenvalue weighted by Gasteiger charge is 2.16. The molecule has 1 amide bonds. The van der Waals surface area contributed by atoms with Crippen LogP contribution in [0.15, 0.2) is 36.7 Å². The van der Waals surface area contributed by atoms with Crippen LogP contribution in [0.25, 0.3) is 5.69 Å². The number of nitrogens with zero attached hydrogens (tertiary/aromatic N) is 4. The summed E-state index contributed by atoms with van der Waals surface area (Å²) in [6, 6.07) is 7.46. The Hall–Kier alpha value is -2.61. The van der Waals surface area contributed by atoms with E-state index in [1.807, 2.05) is 24.3 Å². The summed E-state index contributed by atoms with van der Waals surface area (Å²) >= 11 is 0. The molecule has 2 aromatic rings. The van der Waals surface area contributed by atoms with E-state index in [1.165, 1.54) is 0 Å². The molecule has 8 heteroatoms. The predicted molar refractivity (Wildman–Crippen MR) is 82.6 cm³/mol. The molecule has 0 spiro atoms. The standard InChI is InChI=1S/C15H19N5O3/c21-15(19-8-5-16-6-9-19)23-12-11-22-14-3-1-13(2-4-14)20-10-7-17-18-20/h1-4,7,10,16H,5-6,8-9,11-12H2. The zero-order chi connectivity index (χ0) is 15.9. The van der Waals surface area contributed by atoms with Crippen LogP contribution >= 0.6 is 0 Å². The molecule has 0 unspecified atom stereocenters. The molecule has 1 aromatic heterocycles. The van der Waals surface area contributed by atoms with Crippen molar-refractivity contribution in [3.8, 4) is 11.4 Å². The zero-order valence-electron chi connectivity index (χ0n) is 12.7. The number of aromatic nitrogens is 3. The maximum atomic E-state index is 11.8. The molecule has 1 saturated heterocycles. The molecule has 0 atom stereocenters. The third kappa shape index (κ3) is 4.19. The largest absolute Gasteiger partial charge is 0.490 e. The number of amides is 1. The number of hydrogen-bond acceptors (Lipinski definition) is 6. The van der Waals surface area contributed by atoms with Crippen LogP contribution < -0.4 is 10.1 Å². The Kier molecular flexibility index (Phi) is 5.05. The van der Waals surface area contributed by atoms with Gasteiger partial charge in [-0.3, -0.25) is 0 Å². The highest BCUT2D eigenvalue weighted by Crippen LogP contribution is 2.14. The lowest BCUT2D eigenvalue weighted by molar-refractivity contribution is 0.0844. The molecule has 3 rings (SSSR count). The summed E-state index contributed by atoms with van der Waals surface area (Å²) in [5.74, 6) is 0.715. The van der Waals surface area contributed by atoms with E-state index in [-0.39, 0.29) is 12.7 Å². The van der Waals surface area contributed by atoms with Gasteiger partial charge < -0.3 is 19.7 Å². The minimum absolute atomic E-state index is 0.230. The van der Waals surface area contributed by atoms with Gasteiger partial charge in [0.15, 0.2) is 0 Å². The Morgan fingerprint density at radius 3 is 2.65 bits per heavy atom. The molecule has 122 valence electrons. The van der Waals surface area contributed by atoms with E-state index in [0.717, 1.165) is 18.8 Å². The quantitative estimate of drug-likeness (QED) is 0.817. The molecule has 1 N–H and O–H groups in total. The van der Waals surface area contributed by atoms with Crippen molar-refractivity contribution in [3.63, 3.8) is 0 Å². The van der Waals surface area contributed by atoms with Gasteiger partial charge in [0.2, 0.25) is 0 Å². The lowest BCUT2D eigenvalue weighted by atomic mass is 10.3. The summed E-state index contributed by atoms with van der Waals surface area (Å²) in [4.78, 5) is 13.5. The molecular formula is C15H19N5O3. The Balaban J connectivity index is 1.39. The van der Waals surface area contributed by atoms with Crippen LogP contribution in [-0.2, 0) is 4.74 Å². The molecular weight excluding hydrogens is 298 g/mol. The lowest BCUT2D eigenvalue weighted by Crippen LogP contribution is -2.46. The van der Waals surface area contributed by atoms with Crippen molar-refractivity contribution in [2.75, 3.05) is 39.4 Å². The van der Waals surface area contributed by atoms with Gasteiger partial charge in [0.1, 0.15) is 19.0 Å². The number of carbonyl (C=O) groups excluding carboxylic acids is 1. The first-order valence-electron chi connectivity index (χ1n) is 7.55. The summed E-state index contributed by atoms with van der Waals surface area (Å²) in [6.07, 6.45) is 3.11. The molecule has 2 heterocycles. The monoisotopic (exact) mass is 317 g/mol. The van der Waals surface area contributed by atoms with Gasteiger partial charge in [-0.05, 0) is 24.3 Å². The van der Waals surface area contributed by atoms with Crippen molar-refractivity contribution in [3.05, 3.63) is 36.7 Å². The van der Waals surface area contributed by atoms with Crippen molar-refractivity contribution in [1.82, 2.24) is 25.2 Å². The fraction of sp³-hybridized carbons (Fsp3) is 0.400. The summed E-state index contributed by atoms with van der Waals surface area (Å²) in [5, 5.41) is 10.9. The van der Waals surface area contributed by atoms with Crippen LogP contribution in [-0.4, -0.2) is 65.4 Å². The smallest absolute Gasteiger partial charge is 0.409 e. The average molecular weight is 317 g/mol. The Labute approximate surface area is 134 Å². The minimum Gasteiger partial charge on any atom is -0.490 e. The second-order valence-electron chi connectivity index (χ2n) is 5.04. The molecule has 23 heavy (non-hydrogen) atoms. The first-order valence-corrected chi connectivity index (χ1v) is 7.55. The summed E-state index contributed by atoms with van der Waals surface area (Å²) in [6.45, 7) is 3.54. The van der Waals surface area contributed by atoms with Gasteiger partial charge >= 0.3 is 6.09 Å². The number of ether oxygens (including phenoxy) is 2. The van der Waals surface area contributed by atoms with Crippen LogP contribution in [0.5, 0.6) is 5.75 Å². The van der Waals surface area contributed by atoms with E-state index in [1.54, 1.807) is 22.0 Å². The van der Waals surface area contributed by atoms with Gasteiger partial charge in [-0.2, -0.15) is 0 Å². The van der Waals surface area contributed by atoms with Gasteiger partial charge in [-0.1, -0.05) is 5.21 Å². The van der Waals surface area contributed by atoms with Gasteiger partial charge in [-0.25, -0.2) is 9.48 Å². The molecule has 1 aromatic carbocycles. The molecule has 0 bridgehead atoms. The van der Waals surface area contributed by atoms with Gasteiger partial charge in [0.05, 0.1) is 18.1 Å². The molecule has 1 fully saturated rings. The van der Waals surface area contributed by atoms with Gasteiger partial charge in [0, 0.05) is 26.2 Å². The van der Waals surface area contributed by atoms with Crippen molar-refractivity contribution in [2.24, 2.45) is 0 Å². The highest BCUT2D eigenvalue weighted by atomic mass is 16.6. The van der Waals surface area contributed by atoms with E-state index in [9.17, 15) is 4.79 Å². The highest BCUT2D eigenvalue weighted by molar-refractivity contribution is 5.67. The van der Waals surface area contributed by atoms with E-state index in [0.29, 0.717) is 25.4 Å². The number of piperazine rings is 1. The molecule has 1 aliphatic rings. The topological polar surface area (TPSA) is 81.5 Å². The molecule has 8 nitrogen and oxygen atoms in total. The van der Waals surface area contributed by atoms with Crippen LogP contribution in [0, 0.1) is 0 Å². The second-order valence-corrected chi connectivity index (χ2v) is 5.04. The van der Waals surface area contributed by atoms with E-state index >= 15 is 0 Å². The molecule has 0 aliphatic carbocycles. The maximum Gasteiger partial charge on any atom is 0.409 e. The fourth-order valence-electron chi connectivity index (χ4n) is 2.27. The van der Waals surface area contributed by atoms with Crippen molar-refractivity contribution >= 4 is 6.09 Å². The van der Waals surface area contributed by atoms with Crippen LogP contribution in [0.4, 0.5) is 4.79 Å². The predicted octanol–water partition coefficient (Wildman–Crippen LogP) is 0.688. The fourth-order valence-corrected chi connectivity index (χ4v) is 2.27. The average Bonchev–Trinajstić information content (AvgIpc) is 3.14. The minimum atomic E-state index is -0.281. The first-order chi connectivity index (χ1) is 11.3. The van der Waals surface area contributed by atoms with Gasteiger partial charge in [-0.15, -0.1) is 5.10 Å². The van der Waals surface area contributed by atoms with Gasteiger partial charge in [0.25, 0.3) is 0 Å². The van der Waals surface area contributed by atoms with Crippen LogP contribution in [0.1, 0.15) is 0 Å². The number of hydrogen-bond donors (Lipinski definition) is 1. The SMILES string of the molecule is O=C(OCCOc1ccc(-n2ccnn2)cc1)N1CCNCC1. The summed E-state index contributed by atoms with van der Waals surface area (Å²) in [7, 11) is 0. The van der Waals surface area contributed by atoms with Crippen LogP contribution in [0.3, 0.4) is 0 Å². The Morgan fingerprint density at radius 2 is 1.96 bits per heavy atom. The van der Waals surface area contributed by atoms with Crippen LogP contribution in [0.2, 0.25) is 0 Å². The third-order valence-corrected chi connectivity index (χ3v) is 3.48. The normalized spacial score (nSPS) is 14.5. The number of rotatable bonds is 5. The first kappa shape index (κ1) is 15.3. The van der Waals surface area contributed by atoms with Crippen molar-refractivity contribution < 1.29 is 14.3 Å². The summed E-state index contributed by atoms with van der Waals surface area (Å²) < 4.78 is 12.4. The molecule has 0 radical (unpaired) electrons. The maximum absolute atomic E-state index is 11.8. The number of benzene rings is 1. The summed E-state index contributed by atoms with van der Waals surface area (Å²) in [5.41, 5.74) is 0.903. The second kappa shape index (κ2) is 7.59.